The first kappa shape index (κ1) is 20.1. The van der Waals surface area contributed by atoms with Crippen LogP contribution in [0.3, 0.4) is 0 Å². The second-order valence-electron chi connectivity index (χ2n) is 6.61. The van der Waals surface area contributed by atoms with E-state index in [9.17, 15) is 14.4 Å². The number of ketones is 1. The van der Waals surface area contributed by atoms with E-state index in [2.05, 4.69) is 15.4 Å². The second kappa shape index (κ2) is 8.55. The molecule has 8 heteroatoms. The molecule has 0 bridgehead atoms. The van der Waals surface area contributed by atoms with Gasteiger partial charge < -0.3 is 15.0 Å². The van der Waals surface area contributed by atoms with E-state index in [1.807, 2.05) is 30.5 Å². The van der Waals surface area contributed by atoms with E-state index >= 15 is 0 Å². The Bertz CT molecular complexity index is 1050. The maximum atomic E-state index is 12.7. The standard InChI is InChI=1S/C21H22N4O4/c1-13-19(21(28)29-3)17(24-20(13)14(2)26)11-18(27)23-16-8-5-4-7-15(16)12-25-10-6-9-22-25/h4-10,24H,11-12H2,1-3H3,(H,23,27). The number of hydrogen-bond acceptors (Lipinski definition) is 5. The van der Waals surface area contributed by atoms with Crippen LogP contribution in [0.2, 0.25) is 0 Å². The molecule has 0 spiro atoms. The van der Waals surface area contributed by atoms with Crippen molar-refractivity contribution in [2.45, 2.75) is 26.8 Å². The molecule has 8 nitrogen and oxygen atoms in total. The van der Waals surface area contributed by atoms with Crippen molar-refractivity contribution in [1.82, 2.24) is 14.8 Å². The molecule has 1 amide bonds. The average molecular weight is 394 g/mol. The summed E-state index contributed by atoms with van der Waals surface area (Å²) in [5, 5.41) is 7.06. The van der Waals surface area contributed by atoms with Gasteiger partial charge in [0.25, 0.3) is 0 Å². The minimum absolute atomic E-state index is 0.103. The summed E-state index contributed by atoms with van der Waals surface area (Å²) in [6, 6.07) is 9.25. The summed E-state index contributed by atoms with van der Waals surface area (Å²) in [5.41, 5.74) is 2.89. The molecule has 0 aliphatic carbocycles. The molecular formula is C21H22N4O4. The molecule has 0 aliphatic heterocycles. The number of nitrogens with zero attached hydrogens (tertiary/aromatic N) is 2. The lowest BCUT2D eigenvalue weighted by Crippen LogP contribution is -2.18. The number of nitrogens with one attached hydrogen (secondary N) is 2. The maximum Gasteiger partial charge on any atom is 0.339 e. The van der Waals surface area contributed by atoms with Crippen LogP contribution in [-0.2, 0) is 22.5 Å². The van der Waals surface area contributed by atoms with E-state index < -0.39 is 5.97 Å². The first-order chi connectivity index (χ1) is 13.9. The number of methoxy groups -OCH3 is 1. The average Bonchev–Trinajstić information content (AvgIpc) is 3.30. The molecule has 3 rings (SSSR count). The lowest BCUT2D eigenvalue weighted by atomic mass is 10.1. The molecule has 0 atom stereocenters. The number of ether oxygens (including phenoxy) is 1. The van der Waals surface area contributed by atoms with Crippen LogP contribution in [0.5, 0.6) is 0 Å². The first-order valence-corrected chi connectivity index (χ1v) is 9.06. The third kappa shape index (κ3) is 4.43. The lowest BCUT2D eigenvalue weighted by molar-refractivity contribution is -0.115. The summed E-state index contributed by atoms with van der Waals surface area (Å²) in [4.78, 5) is 39.6. The number of H-pyrrole nitrogens is 1. The van der Waals surface area contributed by atoms with Gasteiger partial charge >= 0.3 is 5.97 Å². The van der Waals surface area contributed by atoms with Crippen molar-refractivity contribution in [3.63, 3.8) is 0 Å². The number of hydrogen-bond donors (Lipinski definition) is 2. The first-order valence-electron chi connectivity index (χ1n) is 9.06. The number of carbonyl (C=O) groups is 3. The maximum absolute atomic E-state index is 12.7. The van der Waals surface area contributed by atoms with Crippen molar-refractivity contribution >= 4 is 23.3 Å². The number of esters is 1. The van der Waals surface area contributed by atoms with Crippen molar-refractivity contribution in [3.8, 4) is 0 Å². The Balaban J connectivity index is 1.82. The quantitative estimate of drug-likeness (QED) is 0.473. The summed E-state index contributed by atoms with van der Waals surface area (Å²) >= 11 is 0. The fraction of sp³-hybridized carbons (Fsp3) is 0.238. The molecule has 0 saturated carbocycles. The van der Waals surface area contributed by atoms with Crippen molar-refractivity contribution in [1.29, 1.82) is 0 Å². The number of Topliss-reactive ketones (excluding diaryl/α,β-unsaturated/α-hetero) is 1. The molecule has 2 aromatic heterocycles. The van der Waals surface area contributed by atoms with Crippen molar-refractivity contribution in [2.75, 3.05) is 12.4 Å². The predicted molar refractivity (Wildman–Crippen MR) is 107 cm³/mol. The van der Waals surface area contributed by atoms with Gasteiger partial charge in [-0.15, -0.1) is 0 Å². The normalized spacial score (nSPS) is 10.6. The molecule has 0 radical (unpaired) electrons. The van der Waals surface area contributed by atoms with Crippen LogP contribution >= 0.6 is 0 Å². The van der Waals surface area contributed by atoms with Crippen LogP contribution in [-0.4, -0.2) is 39.5 Å². The van der Waals surface area contributed by atoms with Crippen molar-refractivity contribution in [2.24, 2.45) is 0 Å². The third-order valence-corrected chi connectivity index (χ3v) is 4.59. The highest BCUT2D eigenvalue weighted by molar-refractivity contribution is 6.02. The molecule has 150 valence electrons. The van der Waals surface area contributed by atoms with Gasteiger partial charge in [0, 0.05) is 30.7 Å². The number of aromatic amines is 1. The summed E-state index contributed by atoms with van der Waals surface area (Å²) in [6.45, 7) is 3.56. The monoisotopic (exact) mass is 394 g/mol. The van der Waals surface area contributed by atoms with E-state index in [0.29, 0.717) is 29.2 Å². The van der Waals surface area contributed by atoms with Crippen LogP contribution in [0.25, 0.3) is 0 Å². The smallest absolute Gasteiger partial charge is 0.339 e. The molecule has 0 saturated heterocycles. The van der Waals surface area contributed by atoms with Crippen LogP contribution in [0.4, 0.5) is 5.69 Å². The van der Waals surface area contributed by atoms with Gasteiger partial charge in [0.05, 0.1) is 31.3 Å². The summed E-state index contributed by atoms with van der Waals surface area (Å²) in [6.07, 6.45) is 3.43. The zero-order valence-corrected chi connectivity index (χ0v) is 16.5. The van der Waals surface area contributed by atoms with Gasteiger partial charge in [0.1, 0.15) is 0 Å². The van der Waals surface area contributed by atoms with Crippen LogP contribution in [0, 0.1) is 6.92 Å². The minimum atomic E-state index is -0.590. The molecule has 0 unspecified atom stereocenters. The van der Waals surface area contributed by atoms with E-state index in [1.54, 1.807) is 23.9 Å². The largest absolute Gasteiger partial charge is 0.465 e. The summed E-state index contributed by atoms with van der Waals surface area (Å²) in [5.74, 6) is -1.13. The SMILES string of the molecule is COC(=O)c1c(CC(=O)Nc2ccccc2Cn2cccn2)[nH]c(C(C)=O)c1C. The molecule has 2 heterocycles. The zero-order chi connectivity index (χ0) is 21.0. The minimum Gasteiger partial charge on any atom is -0.465 e. The third-order valence-electron chi connectivity index (χ3n) is 4.59. The second-order valence-corrected chi connectivity index (χ2v) is 6.61. The van der Waals surface area contributed by atoms with Gasteiger partial charge in [0.2, 0.25) is 5.91 Å². The Labute approximate surface area is 167 Å². The number of carbonyl (C=O) groups excluding carboxylic acids is 3. The lowest BCUT2D eigenvalue weighted by Gasteiger charge is -2.11. The number of anilines is 1. The predicted octanol–water partition coefficient (Wildman–Crippen LogP) is 2.74. The van der Waals surface area contributed by atoms with E-state index in [4.69, 9.17) is 4.74 Å². The Morgan fingerprint density at radius 1 is 1.21 bits per heavy atom. The van der Waals surface area contributed by atoms with E-state index in [-0.39, 0.29) is 23.7 Å². The van der Waals surface area contributed by atoms with Gasteiger partial charge in [0.15, 0.2) is 5.78 Å². The molecule has 1 aromatic carbocycles. The number of benzene rings is 1. The summed E-state index contributed by atoms with van der Waals surface area (Å²) < 4.78 is 6.57. The van der Waals surface area contributed by atoms with Crippen LogP contribution in [0.1, 0.15) is 44.6 Å². The van der Waals surface area contributed by atoms with Crippen LogP contribution in [0.15, 0.2) is 42.7 Å². The highest BCUT2D eigenvalue weighted by atomic mass is 16.5. The molecule has 0 aliphatic rings. The zero-order valence-electron chi connectivity index (χ0n) is 16.5. The molecular weight excluding hydrogens is 372 g/mol. The molecule has 29 heavy (non-hydrogen) atoms. The topological polar surface area (TPSA) is 106 Å². The highest BCUT2D eigenvalue weighted by Gasteiger charge is 2.24. The van der Waals surface area contributed by atoms with Gasteiger partial charge in [-0.2, -0.15) is 5.10 Å². The number of rotatable bonds is 7. The van der Waals surface area contributed by atoms with Crippen molar-refractivity contribution < 1.29 is 19.1 Å². The number of para-hydroxylation sites is 1. The number of amides is 1. The highest BCUT2D eigenvalue weighted by Crippen LogP contribution is 2.22. The Kier molecular flexibility index (Phi) is 5.92. The summed E-state index contributed by atoms with van der Waals surface area (Å²) in [7, 11) is 1.26. The molecule has 0 fully saturated rings. The fourth-order valence-electron chi connectivity index (χ4n) is 3.23. The molecule has 2 N–H and O–H groups in total. The molecule has 3 aromatic rings. The van der Waals surface area contributed by atoms with Gasteiger partial charge in [-0.25, -0.2) is 4.79 Å². The van der Waals surface area contributed by atoms with Gasteiger partial charge in [-0.05, 0) is 30.2 Å². The van der Waals surface area contributed by atoms with Crippen molar-refractivity contribution in [3.05, 3.63) is 70.8 Å². The Hall–Kier alpha value is -3.68. The van der Waals surface area contributed by atoms with Gasteiger partial charge in [-0.3, -0.25) is 14.3 Å². The van der Waals surface area contributed by atoms with E-state index in [1.165, 1.54) is 14.0 Å². The van der Waals surface area contributed by atoms with Gasteiger partial charge in [-0.1, -0.05) is 18.2 Å². The number of aromatic nitrogens is 3. The Morgan fingerprint density at radius 3 is 2.62 bits per heavy atom. The fourth-order valence-corrected chi connectivity index (χ4v) is 3.23. The Morgan fingerprint density at radius 2 is 1.97 bits per heavy atom. The van der Waals surface area contributed by atoms with E-state index in [0.717, 1.165) is 5.56 Å². The van der Waals surface area contributed by atoms with Crippen LogP contribution < -0.4 is 5.32 Å².